The lowest BCUT2D eigenvalue weighted by molar-refractivity contribution is 0.185. The first-order valence-electron chi connectivity index (χ1n) is 5.57. The van der Waals surface area contributed by atoms with E-state index < -0.39 is 0 Å². The van der Waals surface area contributed by atoms with Crippen molar-refractivity contribution < 1.29 is 9.13 Å². The van der Waals surface area contributed by atoms with Gasteiger partial charge in [-0.3, -0.25) is 0 Å². The molecule has 1 N–H and O–H groups in total. The van der Waals surface area contributed by atoms with E-state index >= 15 is 0 Å². The smallest absolute Gasteiger partial charge is 0.184 e. The van der Waals surface area contributed by atoms with Crippen molar-refractivity contribution in [1.82, 2.24) is 4.98 Å². The summed E-state index contributed by atoms with van der Waals surface area (Å²) in [4.78, 5) is 4.45. The number of ether oxygens (including phenoxy) is 1. The van der Waals surface area contributed by atoms with Gasteiger partial charge in [-0.15, -0.1) is 0 Å². The minimum absolute atomic E-state index is 0.0492. The monoisotopic (exact) mass is 252 g/mol. The van der Waals surface area contributed by atoms with Gasteiger partial charge in [0.1, 0.15) is 5.82 Å². The Balaban J connectivity index is 1.90. The molecule has 3 nitrogen and oxygen atoms in total. The summed E-state index contributed by atoms with van der Waals surface area (Å²) < 4.78 is 19.3. The van der Waals surface area contributed by atoms with Crippen LogP contribution in [0.1, 0.15) is 13.3 Å². The number of hydrogen-bond acceptors (Lipinski definition) is 4. The molecule has 1 unspecified atom stereocenters. The minimum atomic E-state index is -0.219. The third-order valence-electron chi connectivity index (χ3n) is 2.98. The van der Waals surface area contributed by atoms with Crippen molar-refractivity contribution in [2.45, 2.75) is 18.9 Å². The van der Waals surface area contributed by atoms with Crippen LogP contribution in [0, 0.1) is 5.82 Å². The molecular formula is C12H13FN2OS. The number of nitrogens with zero attached hydrogens (tertiary/aromatic N) is 1. The highest BCUT2D eigenvalue weighted by molar-refractivity contribution is 7.22. The highest BCUT2D eigenvalue weighted by Crippen LogP contribution is 2.30. The summed E-state index contributed by atoms with van der Waals surface area (Å²) in [7, 11) is 0. The van der Waals surface area contributed by atoms with Gasteiger partial charge in [0.05, 0.1) is 22.4 Å². The van der Waals surface area contributed by atoms with Crippen molar-refractivity contribution in [3.05, 3.63) is 24.0 Å². The molecule has 0 saturated carbocycles. The van der Waals surface area contributed by atoms with Crippen LogP contribution in [0.5, 0.6) is 0 Å². The Kier molecular flexibility index (Phi) is 2.52. The SMILES string of the molecule is CC1(Nc2nc3ccc(F)cc3s2)CCOC1. The van der Waals surface area contributed by atoms with Crippen LogP contribution < -0.4 is 5.32 Å². The maximum atomic E-state index is 13.1. The number of aromatic nitrogens is 1. The maximum absolute atomic E-state index is 13.1. The number of anilines is 1. The Labute approximate surface area is 103 Å². The van der Waals surface area contributed by atoms with Crippen molar-refractivity contribution in [2.24, 2.45) is 0 Å². The fourth-order valence-electron chi connectivity index (χ4n) is 1.98. The molecule has 90 valence electrons. The van der Waals surface area contributed by atoms with Crippen molar-refractivity contribution in [3.8, 4) is 0 Å². The Morgan fingerprint density at radius 3 is 3.18 bits per heavy atom. The minimum Gasteiger partial charge on any atom is -0.379 e. The molecule has 1 fully saturated rings. The van der Waals surface area contributed by atoms with Gasteiger partial charge in [-0.05, 0) is 31.5 Å². The summed E-state index contributed by atoms with van der Waals surface area (Å²) in [6.45, 7) is 3.59. The zero-order chi connectivity index (χ0) is 11.9. The summed E-state index contributed by atoms with van der Waals surface area (Å²) in [6.07, 6.45) is 0.970. The van der Waals surface area contributed by atoms with Crippen molar-refractivity contribution in [3.63, 3.8) is 0 Å². The van der Waals surface area contributed by atoms with E-state index in [0.29, 0.717) is 6.61 Å². The van der Waals surface area contributed by atoms with Crippen molar-refractivity contribution in [2.75, 3.05) is 18.5 Å². The van der Waals surface area contributed by atoms with E-state index in [1.54, 1.807) is 6.07 Å². The van der Waals surface area contributed by atoms with E-state index in [2.05, 4.69) is 17.2 Å². The number of thiazole rings is 1. The maximum Gasteiger partial charge on any atom is 0.184 e. The number of rotatable bonds is 2. The molecule has 3 rings (SSSR count). The lowest BCUT2D eigenvalue weighted by atomic mass is 10.0. The van der Waals surface area contributed by atoms with Crippen LogP contribution in [-0.2, 0) is 4.74 Å². The first kappa shape index (κ1) is 10.9. The van der Waals surface area contributed by atoms with Crippen LogP contribution in [0.2, 0.25) is 0 Å². The summed E-state index contributed by atoms with van der Waals surface area (Å²) in [6, 6.07) is 4.66. The Morgan fingerprint density at radius 1 is 1.53 bits per heavy atom. The first-order valence-corrected chi connectivity index (χ1v) is 6.38. The zero-order valence-electron chi connectivity index (χ0n) is 9.50. The first-order chi connectivity index (χ1) is 8.15. The standard InChI is InChI=1S/C12H13FN2OS/c1-12(4-5-16-7-12)15-11-14-9-3-2-8(13)6-10(9)17-11/h2-3,6H,4-5,7H2,1H3,(H,14,15). The Morgan fingerprint density at radius 2 is 2.41 bits per heavy atom. The molecule has 1 aliphatic heterocycles. The number of nitrogens with one attached hydrogen (secondary N) is 1. The number of hydrogen-bond donors (Lipinski definition) is 1. The van der Waals surface area contributed by atoms with E-state index in [1.165, 1.54) is 23.5 Å². The molecule has 17 heavy (non-hydrogen) atoms. The second-order valence-corrected chi connectivity index (χ2v) is 5.65. The molecule has 0 spiro atoms. The van der Waals surface area contributed by atoms with Gasteiger partial charge in [-0.1, -0.05) is 11.3 Å². The van der Waals surface area contributed by atoms with Gasteiger partial charge in [0.25, 0.3) is 0 Å². The van der Waals surface area contributed by atoms with Gasteiger partial charge in [-0.25, -0.2) is 9.37 Å². The summed E-state index contributed by atoms with van der Waals surface area (Å²) >= 11 is 1.48. The van der Waals surface area contributed by atoms with Gasteiger partial charge in [-0.2, -0.15) is 0 Å². The number of fused-ring (bicyclic) bond motifs is 1. The summed E-state index contributed by atoms with van der Waals surface area (Å²) in [5.74, 6) is -0.219. The van der Waals surface area contributed by atoms with Crippen LogP contribution in [0.3, 0.4) is 0 Å². The fourth-order valence-corrected chi connectivity index (χ4v) is 3.02. The molecule has 1 saturated heterocycles. The highest BCUT2D eigenvalue weighted by atomic mass is 32.1. The van der Waals surface area contributed by atoms with Gasteiger partial charge in [0.2, 0.25) is 0 Å². The summed E-state index contributed by atoms with van der Waals surface area (Å²) in [5.41, 5.74) is 0.785. The second kappa shape index (κ2) is 3.92. The van der Waals surface area contributed by atoms with Crippen LogP contribution in [0.4, 0.5) is 9.52 Å². The molecule has 2 aromatic rings. The lowest BCUT2D eigenvalue weighted by Gasteiger charge is -2.22. The molecule has 0 radical (unpaired) electrons. The lowest BCUT2D eigenvalue weighted by Crippen LogP contribution is -2.34. The van der Waals surface area contributed by atoms with Crippen LogP contribution in [-0.4, -0.2) is 23.7 Å². The van der Waals surface area contributed by atoms with Gasteiger partial charge in [0.15, 0.2) is 5.13 Å². The molecule has 1 aromatic carbocycles. The number of halogens is 1. The molecule has 0 amide bonds. The number of benzene rings is 1. The molecule has 1 aromatic heterocycles. The molecule has 1 atom stereocenters. The normalized spacial score (nSPS) is 24.4. The average Bonchev–Trinajstić information content (AvgIpc) is 2.84. The van der Waals surface area contributed by atoms with Gasteiger partial charge < -0.3 is 10.1 Å². The quantitative estimate of drug-likeness (QED) is 0.892. The third-order valence-corrected chi connectivity index (χ3v) is 3.91. The van der Waals surface area contributed by atoms with E-state index in [0.717, 1.165) is 28.4 Å². The fraction of sp³-hybridized carbons (Fsp3) is 0.417. The molecule has 1 aliphatic rings. The van der Waals surface area contributed by atoms with Crippen molar-refractivity contribution >= 4 is 26.7 Å². The molecular weight excluding hydrogens is 239 g/mol. The van der Waals surface area contributed by atoms with E-state index in [4.69, 9.17) is 4.74 Å². The molecule has 0 aliphatic carbocycles. The molecule has 2 heterocycles. The van der Waals surface area contributed by atoms with Crippen LogP contribution in [0.15, 0.2) is 18.2 Å². The van der Waals surface area contributed by atoms with Gasteiger partial charge >= 0.3 is 0 Å². The van der Waals surface area contributed by atoms with Gasteiger partial charge in [0, 0.05) is 6.61 Å². The second-order valence-electron chi connectivity index (χ2n) is 4.62. The van der Waals surface area contributed by atoms with E-state index in [9.17, 15) is 4.39 Å². The van der Waals surface area contributed by atoms with Crippen LogP contribution in [0.25, 0.3) is 10.2 Å². The van der Waals surface area contributed by atoms with E-state index in [-0.39, 0.29) is 11.4 Å². The van der Waals surface area contributed by atoms with Crippen molar-refractivity contribution in [1.29, 1.82) is 0 Å². The highest BCUT2D eigenvalue weighted by Gasteiger charge is 2.30. The zero-order valence-corrected chi connectivity index (χ0v) is 10.3. The van der Waals surface area contributed by atoms with E-state index in [1.807, 2.05) is 0 Å². The Hall–Kier alpha value is -1.20. The molecule has 5 heteroatoms. The predicted octanol–water partition coefficient (Wildman–Crippen LogP) is 3.03. The third kappa shape index (κ3) is 2.12. The molecule has 0 bridgehead atoms. The Bertz CT molecular complexity index is 548. The predicted molar refractivity (Wildman–Crippen MR) is 67.0 cm³/mol. The summed E-state index contributed by atoms with van der Waals surface area (Å²) in [5, 5.41) is 4.22. The average molecular weight is 252 g/mol. The topological polar surface area (TPSA) is 34.2 Å². The largest absolute Gasteiger partial charge is 0.379 e. The van der Waals surface area contributed by atoms with Crippen LogP contribution >= 0.6 is 11.3 Å².